The molecule has 0 aromatic heterocycles. The maximum absolute atomic E-state index is 12.2. The first-order chi connectivity index (χ1) is 4.19. The maximum atomic E-state index is 12.2. The normalized spacial score (nSPS) is 18.1. The van der Waals surface area contributed by atoms with E-state index in [9.17, 15) is 13.6 Å². The second kappa shape index (κ2) is 2.34. The Hall–Kier alpha value is -0.380. The van der Waals surface area contributed by atoms with Crippen LogP contribution in [0.3, 0.4) is 0 Å². The molecule has 0 aromatic carbocycles. The molecule has 60 valence electrons. The van der Waals surface area contributed by atoms with E-state index in [-0.39, 0.29) is 0 Å². The monoisotopic (exact) mass is 172 g/mol. The zero-order valence-electron chi connectivity index (χ0n) is 5.49. The van der Waals surface area contributed by atoms with Gasteiger partial charge in [0.2, 0.25) is 4.87 Å². The Morgan fingerprint density at radius 2 is 1.80 bits per heavy atom. The molecule has 0 radical (unpaired) electrons. The predicted molar refractivity (Wildman–Crippen MR) is 32.5 cm³/mol. The van der Waals surface area contributed by atoms with Gasteiger partial charge in [-0.15, -0.1) is 11.6 Å². The first-order valence-electron chi connectivity index (χ1n) is 2.49. The van der Waals surface area contributed by atoms with Crippen molar-refractivity contribution in [2.75, 3.05) is 0 Å². The summed E-state index contributed by atoms with van der Waals surface area (Å²) in [6, 6.07) is 0. The van der Waals surface area contributed by atoms with Crippen molar-refractivity contribution in [2.24, 2.45) is 0 Å². The van der Waals surface area contributed by atoms with E-state index in [1.807, 2.05) is 0 Å². The third-order valence-electron chi connectivity index (χ3n) is 1.23. The molecule has 0 aromatic rings. The summed E-state index contributed by atoms with van der Waals surface area (Å²) >= 11 is 5.00. The highest BCUT2D eigenvalue weighted by atomic mass is 35.5. The molecule has 0 aliphatic rings. The van der Waals surface area contributed by atoms with E-state index < -0.39 is 16.8 Å². The highest BCUT2D eigenvalue weighted by molar-refractivity contribution is 6.34. The van der Waals surface area contributed by atoms with Crippen molar-refractivity contribution in [1.29, 1.82) is 0 Å². The van der Waals surface area contributed by atoms with E-state index in [1.165, 1.54) is 0 Å². The zero-order valence-corrected chi connectivity index (χ0v) is 6.25. The summed E-state index contributed by atoms with van der Waals surface area (Å²) in [5.74, 6) is -5.14. The fourth-order valence-electron chi connectivity index (χ4n) is 0.188. The summed E-state index contributed by atoms with van der Waals surface area (Å²) in [5.41, 5.74) is 0. The summed E-state index contributed by atoms with van der Waals surface area (Å²) in [6.07, 6.45) is 0. The average molecular weight is 173 g/mol. The van der Waals surface area contributed by atoms with E-state index >= 15 is 0 Å². The number of carboxylic acids is 1. The van der Waals surface area contributed by atoms with Crippen molar-refractivity contribution < 1.29 is 18.7 Å². The second-order valence-electron chi connectivity index (χ2n) is 2.20. The standard InChI is InChI=1S/C5H7ClF2O2/c1-4(6,3(9)10)5(2,7)8/h1-2H3,(H,9,10). The minimum Gasteiger partial charge on any atom is -0.480 e. The number of carbonyl (C=O) groups is 1. The third-order valence-corrected chi connectivity index (χ3v) is 1.72. The van der Waals surface area contributed by atoms with Gasteiger partial charge in [0.15, 0.2) is 0 Å². The SMILES string of the molecule is CC(F)(F)C(C)(Cl)C(=O)O. The van der Waals surface area contributed by atoms with Crippen LogP contribution in [0.25, 0.3) is 0 Å². The number of hydrogen-bond acceptors (Lipinski definition) is 1. The Balaban J connectivity index is 4.57. The molecule has 0 saturated heterocycles. The van der Waals surface area contributed by atoms with Crippen LogP contribution < -0.4 is 0 Å². The molecular formula is C5H7ClF2O2. The van der Waals surface area contributed by atoms with Gasteiger partial charge in [-0.1, -0.05) is 0 Å². The van der Waals surface area contributed by atoms with Gasteiger partial charge < -0.3 is 5.11 Å². The van der Waals surface area contributed by atoms with Gasteiger partial charge in [0.05, 0.1) is 0 Å². The van der Waals surface area contributed by atoms with Gasteiger partial charge in [-0.3, -0.25) is 4.79 Å². The molecule has 0 spiro atoms. The lowest BCUT2D eigenvalue weighted by Gasteiger charge is -2.23. The quantitative estimate of drug-likeness (QED) is 0.644. The topological polar surface area (TPSA) is 37.3 Å². The van der Waals surface area contributed by atoms with Gasteiger partial charge in [-0.05, 0) is 6.92 Å². The van der Waals surface area contributed by atoms with E-state index in [1.54, 1.807) is 0 Å². The van der Waals surface area contributed by atoms with Gasteiger partial charge in [0.25, 0.3) is 5.92 Å². The van der Waals surface area contributed by atoms with Gasteiger partial charge in [0, 0.05) is 6.92 Å². The van der Waals surface area contributed by atoms with Crippen LogP contribution in [-0.4, -0.2) is 21.9 Å². The van der Waals surface area contributed by atoms with Gasteiger partial charge in [0.1, 0.15) is 0 Å². The van der Waals surface area contributed by atoms with Crippen LogP contribution in [0.15, 0.2) is 0 Å². The zero-order chi connectivity index (χ0) is 8.58. The fraction of sp³-hybridized carbons (Fsp3) is 0.800. The molecular weight excluding hydrogens is 166 g/mol. The molecule has 0 fully saturated rings. The molecule has 1 unspecified atom stereocenters. The molecule has 0 saturated carbocycles. The lowest BCUT2D eigenvalue weighted by atomic mass is 10.1. The van der Waals surface area contributed by atoms with E-state index in [0.717, 1.165) is 6.92 Å². The highest BCUT2D eigenvalue weighted by Gasteiger charge is 2.51. The van der Waals surface area contributed by atoms with Crippen LogP contribution in [0, 0.1) is 0 Å². The van der Waals surface area contributed by atoms with E-state index in [4.69, 9.17) is 16.7 Å². The van der Waals surface area contributed by atoms with Crippen LogP contribution >= 0.6 is 11.6 Å². The predicted octanol–water partition coefficient (Wildman–Crippen LogP) is 1.72. The first kappa shape index (κ1) is 9.62. The van der Waals surface area contributed by atoms with Gasteiger partial charge >= 0.3 is 5.97 Å². The minimum absolute atomic E-state index is 0.466. The van der Waals surface area contributed by atoms with Gasteiger partial charge in [-0.2, -0.15) is 0 Å². The Labute approximate surface area is 61.8 Å². The largest absolute Gasteiger partial charge is 0.480 e. The summed E-state index contributed by atoms with van der Waals surface area (Å²) < 4.78 is 24.5. The molecule has 1 atom stereocenters. The van der Waals surface area contributed by atoms with Crippen molar-refractivity contribution in [3.63, 3.8) is 0 Å². The third kappa shape index (κ3) is 1.56. The lowest BCUT2D eigenvalue weighted by Crippen LogP contribution is -2.45. The minimum atomic E-state index is -3.42. The fourth-order valence-corrected chi connectivity index (χ4v) is 0.188. The maximum Gasteiger partial charge on any atom is 0.330 e. The van der Waals surface area contributed by atoms with Crippen LogP contribution in [0.5, 0.6) is 0 Å². The number of aliphatic carboxylic acids is 1. The number of hydrogen-bond donors (Lipinski definition) is 1. The smallest absolute Gasteiger partial charge is 0.330 e. The summed E-state index contributed by atoms with van der Waals surface area (Å²) in [5, 5.41) is 8.16. The van der Waals surface area contributed by atoms with E-state index in [2.05, 4.69) is 0 Å². The van der Waals surface area contributed by atoms with Crippen LogP contribution in [0.4, 0.5) is 8.78 Å². The first-order valence-corrected chi connectivity index (χ1v) is 2.87. The Bertz CT molecular complexity index is 150. The molecule has 1 N–H and O–H groups in total. The van der Waals surface area contributed by atoms with Crippen molar-refractivity contribution in [2.45, 2.75) is 24.6 Å². The molecule has 0 rings (SSSR count). The molecule has 5 heteroatoms. The van der Waals surface area contributed by atoms with Crippen LogP contribution in [0.1, 0.15) is 13.8 Å². The number of rotatable bonds is 2. The van der Waals surface area contributed by atoms with Crippen molar-refractivity contribution in [3.05, 3.63) is 0 Å². The van der Waals surface area contributed by atoms with Crippen molar-refractivity contribution in [1.82, 2.24) is 0 Å². The summed E-state index contributed by atoms with van der Waals surface area (Å²) in [6.45, 7) is 1.23. The molecule has 0 amide bonds. The Morgan fingerprint density at radius 3 is 1.80 bits per heavy atom. The molecule has 2 nitrogen and oxygen atoms in total. The summed E-state index contributed by atoms with van der Waals surface area (Å²) in [7, 11) is 0. The molecule has 0 heterocycles. The Kier molecular flexibility index (Phi) is 2.25. The summed E-state index contributed by atoms with van der Waals surface area (Å²) in [4.78, 5) is 7.55. The highest BCUT2D eigenvalue weighted by Crippen LogP contribution is 2.33. The molecule has 10 heavy (non-hydrogen) atoms. The molecule has 0 aliphatic carbocycles. The van der Waals surface area contributed by atoms with Crippen LogP contribution in [-0.2, 0) is 4.79 Å². The number of halogens is 3. The number of carboxylic acid groups (broad SMARTS) is 1. The lowest BCUT2D eigenvalue weighted by molar-refractivity contribution is -0.149. The Morgan fingerprint density at radius 1 is 1.50 bits per heavy atom. The molecule has 0 aliphatic heterocycles. The van der Waals surface area contributed by atoms with Crippen molar-refractivity contribution in [3.8, 4) is 0 Å². The van der Waals surface area contributed by atoms with E-state index in [0.29, 0.717) is 6.92 Å². The van der Waals surface area contributed by atoms with Crippen molar-refractivity contribution >= 4 is 17.6 Å². The van der Waals surface area contributed by atoms with Gasteiger partial charge in [-0.25, -0.2) is 8.78 Å². The second-order valence-corrected chi connectivity index (χ2v) is 2.95. The molecule has 0 bridgehead atoms. The van der Waals surface area contributed by atoms with Crippen LogP contribution in [0.2, 0.25) is 0 Å². The average Bonchev–Trinajstić information content (AvgIpc) is 1.62. The number of alkyl halides is 3.